The van der Waals surface area contributed by atoms with Gasteiger partial charge in [-0.05, 0) is 6.54 Å². The van der Waals surface area contributed by atoms with Crippen LogP contribution in [-0.2, 0) is 14.3 Å². The van der Waals surface area contributed by atoms with Gasteiger partial charge in [-0.1, -0.05) is 20.4 Å². The summed E-state index contributed by atoms with van der Waals surface area (Å²) >= 11 is 0. The van der Waals surface area contributed by atoms with E-state index in [0.29, 0.717) is 19.3 Å². The van der Waals surface area contributed by atoms with Gasteiger partial charge in [-0.15, -0.1) is 0 Å². The van der Waals surface area contributed by atoms with Crippen molar-refractivity contribution in [3.63, 3.8) is 0 Å². The van der Waals surface area contributed by atoms with Gasteiger partial charge in [-0.2, -0.15) is 0 Å². The number of ether oxygens (including phenoxy) is 1. The number of rotatable bonds is 6. The lowest BCUT2D eigenvalue weighted by atomic mass is 10.2. The van der Waals surface area contributed by atoms with Crippen LogP contribution in [0.1, 0.15) is 20.3 Å². The van der Waals surface area contributed by atoms with Crippen molar-refractivity contribution in [1.82, 2.24) is 5.32 Å². The summed E-state index contributed by atoms with van der Waals surface area (Å²) in [5.74, 6) is -0.602. The zero-order valence-electron chi connectivity index (χ0n) is 8.00. The molecule has 0 aromatic rings. The number of nitrogens with one attached hydrogen (secondary N) is 1. The highest BCUT2D eigenvalue weighted by Crippen LogP contribution is 2.09. The highest BCUT2D eigenvalue weighted by molar-refractivity contribution is 5.83. The molecule has 0 radical (unpaired) electrons. The van der Waals surface area contributed by atoms with Crippen LogP contribution in [0.2, 0.25) is 0 Å². The molecule has 0 saturated carbocycles. The lowest BCUT2D eigenvalue weighted by Gasteiger charge is -2.26. The van der Waals surface area contributed by atoms with Crippen molar-refractivity contribution < 1.29 is 14.3 Å². The summed E-state index contributed by atoms with van der Waals surface area (Å²) in [6.45, 7) is 7.39. The van der Waals surface area contributed by atoms with Crippen LogP contribution in [0.15, 0.2) is 12.7 Å². The van der Waals surface area contributed by atoms with Gasteiger partial charge in [0.1, 0.15) is 0 Å². The second-order valence-electron chi connectivity index (χ2n) is 2.52. The first kappa shape index (κ1) is 11.8. The van der Waals surface area contributed by atoms with Gasteiger partial charge in [0.15, 0.2) is 6.29 Å². The average molecular weight is 185 g/mol. The molecule has 0 bridgehead atoms. The fraction of sp³-hybridized carbons (Fsp3) is 0.556. The molecule has 0 heterocycles. The summed E-state index contributed by atoms with van der Waals surface area (Å²) < 4.78 is 4.89. The minimum Gasteiger partial charge on any atom is -0.434 e. The summed E-state index contributed by atoms with van der Waals surface area (Å²) in [5.41, 5.74) is -1.19. The van der Waals surface area contributed by atoms with E-state index in [4.69, 9.17) is 4.74 Å². The summed E-state index contributed by atoms with van der Waals surface area (Å²) in [4.78, 5) is 21.6. The van der Waals surface area contributed by atoms with Crippen molar-refractivity contribution in [3.05, 3.63) is 12.7 Å². The topological polar surface area (TPSA) is 55.4 Å². The Balaban J connectivity index is 4.45. The van der Waals surface area contributed by atoms with E-state index < -0.39 is 11.7 Å². The van der Waals surface area contributed by atoms with Crippen LogP contribution in [0.4, 0.5) is 0 Å². The third-order valence-electron chi connectivity index (χ3n) is 1.64. The standard InChI is InChI=1S/C9H15NO3/c1-4-8(12)13-9(5-2,7-11)10-6-3/h4,7,10H,1,5-6H2,2-3H3. The number of carbonyl (C=O) groups is 2. The number of esters is 1. The summed E-state index contributed by atoms with van der Waals surface area (Å²) in [6.07, 6.45) is 2.02. The van der Waals surface area contributed by atoms with Crippen LogP contribution in [-0.4, -0.2) is 24.5 Å². The quantitative estimate of drug-likeness (QED) is 0.285. The molecule has 0 fully saturated rings. The van der Waals surface area contributed by atoms with Gasteiger partial charge < -0.3 is 4.74 Å². The molecule has 74 valence electrons. The second-order valence-corrected chi connectivity index (χ2v) is 2.52. The predicted octanol–water partition coefficient (Wildman–Crippen LogP) is 0.630. The first-order chi connectivity index (χ1) is 6.14. The molecule has 1 atom stereocenters. The monoisotopic (exact) mass is 185 g/mol. The highest BCUT2D eigenvalue weighted by Gasteiger charge is 2.29. The van der Waals surface area contributed by atoms with Crippen molar-refractivity contribution in [3.8, 4) is 0 Å². The van der Waals surface area contributed by atoms with Crippen molar-refractivity contribution in [1.29, 1.82) is 0 Å². The van der Waals surface area contributed by atoms with Crippen molar-refractivity contribution >= 4 is 12.3 Å². The van der Waals surface area contributed by atoms with Crippen LogP contribution in [0, 0.1) is 0 Å². The van der Waals surface area contributed by atoms with Crippen LogP contribution >= 0.6 is 0 Å². The Labute approximate surface area is 78.0 Å². The third-order valence-corrected chi connectivity index (χ3v) is 1.64. The zero-order chi connectivity index (χ0) is 10.3. The number of likely N-dealkylation sites (N-methyl/N-ethyl adjacent to an activating group) is 1. The highest BCUT2D eigenvalue weighted by atomic mass is 16.6. The molecule has 0 aliphatic carbocycles. The Morgan fingerprint density at radius 1 is 1.62 bits per heavy atom. The number of carbonyl (C=O) groups excluding carboxylic acids is 2. The van der Waals surface area contributed by atoms with Gasteiger partial charge in [0.2, 0.25) is 5.72 Å². The van der Waals surface area contributed by atoms with Gasteiger partial charge in [0.25, 0.3) is 0 Å². The van der Waals surface area contributed by atoms with Crippen molar-refractivity contribution in [2.75, 3.05) is 6.54 Å². The van der Waals surface area contributed by atoms with Crippen molar-refractivity contribution in [2.24, 2.45) is 0 Å². The molecule has 4 nitrogen and oxygen atoms in total. The van der Waals surface area contributed by atoms with Crippen LogP contribution < -0.4 is 5.32 Å². The molecule has 0 spiro atoms. The van der Waals surface area contributed by atoms with Crippen LogP contribution in [0.3, 0.4) is 0 Å². The molecule has 0 rings (SSSR count). The van der Waals surface area contributed by atoms with Gasteiger partial charge >= 0.3 is 5.97 Å². The second kappa shape index (κ2) is 5.48. The largest absolute Gasteiger partial charge is 0.434 e. The predicted molar refractivity (Wildman–Crippen MR) is 49.1 cm³/mol. The molecule has 1 N–H and O–H groups in total. The summed E-state index contributed by atoms with van der Waals surface area (Å²) in [5, 5.41) is 2.80. The molecule has 0 amide bonds. The normalized spacial score (nSPS) is 14.3. The molecule has 0 aliphatic rings. The van der Waals surface area contributed by atoms with Crippen molar-refractivity contribution in [2.45, 2.75) is 26.0 Å². The third kappa shape index (κ3) is 3.38. The van der Waals surface area contributed by atoms with E-state index >= 15 is 0 Å². The Kier molecular flexibility index (Phi) is 4.99. The Morgan fingerprint density at radius 3 is 2.54 bits per heavy atom. The number of hydrogen-bond acceptors (Lipinski definition) is 4. The first-order valence-electron chi connectivity index (χ1n) is 4.20. The summed E-state index contributed by atoms with van der Waals surface area (Å²) in [7, 11) is 0. The van der Waals surface area contributed by atoms with Gasteiger partial charge in [0, 0.05) is 12.5 Å². The van der Waals surface area contributed by atoms with Gasteiger partial charge in [-0.25, -0.2) is 4.79 Å². The van der Waals surface area contributed by atoms with E-state index in [-0.39, 0.29) is 0 Å². The molecule has 13 heavy (non-hydrogen) atoms. The minimum atomic E-state index is -1.19. The maximum absolute atomic E-state index is 10.9. The maximum Gasteiger partial charge on any atom is 0.332 e. The summed E-state index contributed by atoms with van der Waals surface area (Å²) in [6, 6.07) is 0. The lowest BCUT2D eigenvalue weighted by molar-refractivity contribution is -0.161. The van der Waals surface area contributed by atoms with Crippen LogP contribution in [0.5, 0.6) is 0 Å². The molecule has 1 unspecified atom stereocenters. The SMILES string of the molecule is C=CC(=O)OC(C=O)(CC)NCC. The maximum atomic E-state index is 10.9. The molecule has 0 aromatic carbocycles. The lowest BCUT2D eigenvalue weighted by Crippen LogP contribution is -2.49. The van der Waals surface area contributed by atoms with Gasteiger partial charge in [-0.3, -0.25) is 10.1 Å². The van der Waals surface area contributed by atoms with E-state index in [1.54, 1.807) is 6.92 Å². The van der Waals surface area contributed by atoms with E-state index in [1.807, 2.05) is 6.92 Å². The Bertz CT molecular complexity index is 203. The molecule has 0 aromatic heterocycles. The molecular formula is C9H15NO3. The fourth-order valence-corrected chi connectivity index (χ4v) is 0.903. The molecule has 0 aliphatic heterocycles. The van der Waals surface area contributed by atoms with Gasteiger partial charge in [0.05, 0.1) is 0 Å². The molecule has 4 heteroatoms. The zero-order valence-corrected chi connectivity index (χ0v) is 8.00. The molecular weight excluding hydrogens is 170 g/mol. The number of hydrogen-bond donors (Lipinski definition) is 1. The fourth-order valence-electron chi connectivity index (χ4n) is 0.903. The molecule has 0 saturated heterocycles. The van der Waals surface area contributed by atoms with E-state index in [9.17, 15) is 9.59 Å². The van der Waals surface area contributed by atoms with E-state index in [0.717, 1.165) is 6.08 Å². The van der Waals surface area contributed by atoms with E-state index in [1.165, 1.54) is 0 Å². The average Bonchev–Trinajstić information content (AvgIpc) is 2.17. The Hall–Kier alpha value is -1.16. The van der Waals surface area contributed by atoms with Crippen LogP contribution in [0.25, 0.3) is 0 Å². The smallest absolute Gasteiger partial charge is 0.332 e. The Morgan fingerprint density at radius 2 is 2.23 bits per heavy atom. The minimum absolute atomic E-state index is 0.393. The van der Waals surface area contributed by atoms with E-state index in [2.05, 4.69) is 11.9 Å². The number of aldehydes is 1. The first-order valence-corrected chi connectivity index (χ1v) is 4.20.